The lowest BCUT2D eigenvalue weighted by molar-refractivity contribution is -0.117. The van der Waals surface area contributed by atoms with Gasteiger partial charge in [0.15, 0.2) is 5.78 Å². The predicted molar refractivity (Wildman–Crippen MR) is 80.5 cm³/mol. The van der Waals surface area contributed by atoms with Crippen LogP contribution >= 0.6 is 11.3 Å². The van der Waals surface area contributed by atoms with Crippen LogP contribution in [0.1, 0.15) is 27.2 Å². The van der Waals surface area contributed by atoms with Gasteiger partial charge in [0.2, 0.25) is 5.91 Å². The summed E-state index contributed by atoms with van der Waals surface area (Å²) in [5.74, 6) is 0.189. The molecule has 1 aliphatic rings. The third-order valence-corrected chi connectivity index (χ3v) is 4.39. The molecule has 0 saturated carbocycles. The summed E-state index contributed by atoms with van der Waals surface area (Å²) >= 11 is 1.59. The zero-order valence-electron chi connectivity index (χ0n) is 11.3. The number of aryl methyl sites for hydroxylation is 1. The van der Waals surface area contributed by atoms with Gasteiger partial charge in [0, 0.05) is 23.4 Å². The number of fused-ring (bicyclic) bond motifs is 1. The third-order valence-electron chi connectivity index (χ3n) is 3.51. The Morgan fingerprint density at radius 3 is 2.95 bits per heavy atom. The number of thiophene rings is 1. The number of carbonyl (C=O) groups excluding carboxylic acids is 2. The fraction of sp³-hybridized carbons (Fsp3) is 0.250. The van der Waals surface area contributed by atoms with Gasteiger partial charge in [0.05, 0.1) is 12.1 Å². The van der Waals surface area contributed by atoms with E-state index in [1.54, 1.807) is 16.2 Å². The minimum atomic E-state index is 0.0602. The van der Waals surface area contributed by atoms with Crippen molar-refractivity contribution in [2.45, 2.75) is 19.8 Å². The highest BCUT2D eigenvalue weighted by Crippen LogP contribution is 2.28. The summed E-state index contributed by atoms with van der Waals surface area (Å²) in [6.07, 6.45) is 0.811. The average Bonchev–Trinajstić information content (AvgIpc) is 2.92. The van der Waals surface area contributed by atoms with E-state index in [4.69, 9.17) is 0 Å². The van der Waals surface area contributed by atoms with Crippen molar-refractivity contribution in [1.29, 1.82) is 0 Å². The molecular weight excluding hydrogens is 270 g/mol. The van der Waals surface area contributed by atoms with Crippen molar-refractivity contribution in [3.8, 4) is 0 Å². The zero-order chi connectivity index (χ0) is 14.1. The van der Waals surface area contributed by atoms with Crippen LogP contribution < -0.4 is 4.90 Å². The van der Waals surface area contributed by atoms with E-state index >= 15 is 0 Å². The van der Waals surface area contributed by atoms with Gasteiger partial charge in [-0.25, -0.2) is 0 Å². The summed E-state index contributed by atoms with van der Waals surface area (Å²) in [6, 6.07) is 9.62. The molecule has 0 saturated heterocycles. The van der Waals surface area contributed by atoms with E-state index in [2.05, 4.69) is 0 Å². The van der Waals surface area contributed by atoms with E-state index in [-0.39, 0.29) is 11.7 Å². The number of amides is 1. The van der Waals surface area contributed by atoms with Gasteiger partial charge in [-0.15, -0.1) is 11.3 Å². The van der Waals surface area contributed by atoms with Gasteiger partial charge in [-0.2, -0.15) is 0 Å². The lowest BCUT2D eigenvalue weighted by Gasteiger charge is -2.29. The van der Waals surface area contributed by atoms with Crippen molar-refractivity contribution in [3.05, 3.63) is 51.7 Å². The van der Waals surface area contributed by atoms with Gasteiger partial charge in [-0.1, -0.05) is 17.7 Å². The second-order valence-electron chi connectivity index (χ2n) is 5.00. The number of carbonyl (C=O) groups is 2. The van der Waals surface area contributed by atoms with Gasteiger partial charge < -0.3 is 4.90 Å². The summed E-state index contributed by atoms with van der Waals surface area (Å²) in [4.78, 5) is 27.2. The second-order valence-corrected chi connectivity index (χ2v) is 6.03. The van der Waals surface area contributed by atoms with Crippen LogP contribution in [0.2, 0.25) is 0 Å². The number of Topliss-reactive ketones (excluding diaryl/α,β-unsaturated/α-hetero) is 1. The maximum absolute atomic E-state index is 12.4. The number of hydrogen-bond acceptors (Lipinski definition) is 3. The van der Waals surface area contributed by atoms with Crippen molar-refractivity contribution in [1.82, 2.24) is 0 Å². The van der Waals surface area contributed by atoms with Crippen LogP contribution in [0, 0.1) is 6.92 Å². The van der Waals surface area contributed by atoms with E-state index in [1.165, 1.54) is 0 Å². The van der Waals surface area contributed by atoms with Crippen LogP contribution in [0.25, 0.3) is 0 Å². The molecular formula is C16H15NO2S. The first kappa shape index (κ1) is 13.1. The molecule has 0 bridgehead atoms. The molecule has 3 nitrogen and oxygen atoms in total. The Kier molecular flexibility index (Phi) is 3.40. The second kappa shape index (κ2) is 5.21. The van der Waals surface area contributed by atoms with Crippen LogP contribution in [-0.2, 0) is 11.2 Å². The van der Waals surface area contributed by atoms with Crippen LogP contribution in [-0.4, -0.2) is 18.2 Å². The molecule has 4 heteroatoms. The molecule has 0 unspecified atom stereocenters. The number of nitrogens with zero attached hydrogens (tertiary/aromatic N) is 1. The molecule has 0 atom stereocenters. The van der Waals surface area contributed by atoms with Crippen LogP contribution in [0.15, 0.2) is 35.7 Å². The summed E-state index contributed by atoms with van der Waals surface area (Å²) in [7, 11) is 0. The molecule has 3 rings (SSSR count). The normalized spacial score (nSPS) is 14.2. The molecule has 0 aliphatic carbocycles. The Morgan fingerprint density at radius 1 is 1.35 bits per heavy atom. The molecule has 2 aromatic rings. The van der Waals surface area contributed by atoms with Crippen molar-refractivity contribution < 1.29 is 9.59 Å². The van der Waals surface area contributed by atoms with Gasteiger partial charge in [-0.05, 0) is 30.5 Å². The molecule has 0 N–H and O–H groups in total. The average molecular weight is 285 g/mol. The van der Waals surface area contributed by atoms with Gasteiger partial charge in [0.25, 0.3) is 0 Å². The maximum atomic E-state index is 12.4. The molecule has 2 heterocycles. The molecule has 1 aromatic heterocycles. The van der Waals surface area contributed by atoms with Gasteiger partial charge in [-0.3, -0.25) is 9.59 Å². The van der Waals surface area contributed by atoms with Crippen molar-refractivity contribution >= 4 is 28.7 Å². The van der Waals surface area contributed by atoms with E-state index in [9.17, 15) is 9.59 Å². The van der Waals surface area contributed by atoms with Crippen molar-refractivity contribution in [3.63, 3.8) is 0 Å². The molecule has 0 spiro atoms. The van der Waals surface area contributed by atoms with Crippen molar-refractivity contribution in [2.24, 2.45) is 0 Å². The fourth-order valence-electron chi connectivity index (χ4n) is 2.49. The Balaban J connectivity index is 1.90. The number of hydrogen-bond donors (Lipinski definition) is 0. The molecule has 0 radical (unpaired) electrons. The minimum absolute atomic E-state index is 0.0602. The largest absolute Gasteiger partial charge is 0.311 e. The fourth-order valence-corrected chi connectivity index (χ4v) is 3.19. The van der Waals surface area contributed by atoms with Gasteiger partial charge >= 0.3 is 0 Å². The first-order valence-corrected chi connectivity index (χ1v) is 7.50. The zero-order valence-corrected chi connectivity index (χ0v) is 12.1. The summed E-state index contributed by atoms with van der Waals surface area (Å²) in [5.41, 5.74) is 2.48. The minimum Gasteiger partial charge on any atom is -0.311 e. The smallest absolute Gasteiger partial charge is 0.232 e. The SMILES string of the molecule is Cc1ccc2c(c1)C(=O)CCN2C(=O)Cc1cccs1. The molecule has 0 fully saturated rings. The highest BCUT2D eigenvalue weighted by molar-refractivity contribution is 7.10. The molecule has 102 valence electrons. The molecule has 1 amide bonds. The van der Waals surface area contributed by atoms with Gasteiger partial charge in [0.1, 0.15) is 0 Å². The Labute approximate surface area is 121 Å². The lowest BCUT2D eigenvalue weighted by atomic mass is 9.98. The topological polar surface area (TPSA) is 37.4 Å². The summed E-state index contributed by atoms with van der Waals surface area (Å²) in [6.45, 7) is 2.44. The summed E-state index contributed by atoms with van der Waals surface area (Å²) in [5, 5.41) is 1.97. The number of benzene rings is 1. The van der Waals surface area contributed by atoms with Crippen LogP contribution in [0.4, 0.5) is 5.69 Å². The van der Waals surface area contributed by atoms with E-state index < -0.39 is 0 Å². The van der Waals surface area contributed by atoms with E-state index in [1.807, 2.05) is 42.6 Å². The van der Waals surface area contributed by atoms with Crippen molar-refractivity contribution in [2.75, 3.05) is 11.4 Å². The first-order chi connectivity index (χ1) is 9.65. The third kappa shape index (κ3) is 2.39. The Morgan fingerprint density at radius 2 is 2.20 bits per heavy atom. The molecule has 20 heavy (non-hydrogen) atoms. The predicted octanol–water partition coefficient (Wildman–Crippen LogP) is 3.22. The standard InChI is InChI=1S/C16H15NO2S/c1-11-4-5-14-13(9-11)15(18)6-7-17(14)16(19)10-12-3-2-8-20-12/h2-5,8-9H,6-7,10H2,1H3. The monoisotopic (exact) mass is 285 g/mol. The van der Waals surface area contributed by atoms with E-state index in [0.29, 0.717) is 24.9 Å². The van der Waals surface area contributed by atoms with Crippen LogP contribution in [0.3, 0.4) is 0 Å². The highest BCUT2D eigenvalue weighted by Gasteiger charge is 2.27. The Hall–Kier alpha value is -1.94. The number of anilines is 1. The first-order valence-electron chi connectivity index (χ1n) is 6.62. The number of ketones is 1. The number of rotatable bonds is 2. The van der Waals surface area contributed by atoms with E-state index in [0.717, 1.165) is 16.1 Å². The summed E-state index contributed by atoms with van der Waals surface area (Å²) < 4.78 is 0. The Bertz CT molecular complexity index is 661. The highest BCUT2D eigenvalue weighted by atomic mass is 32.1. The molecule has 1 aliphatic heterocycles. The quantitative estimate of drug-likeness (QED) is 0.849. The lowest BCUT2D eigenvalue weighted by Crippen LogP contribution is -2.38. The maximum Gasteiger partial charge on any atom is 0.232 e. The molecule has 1 aromatic carbocycles. The van der Waals surface area contributed by atoms with Crippen LogP contribution in [0.5, 0.6) is 0 Å².